The number of furan rings is 2. The molecular weight excluding hydrogens is 653 g/mol. The van der Waals surface area contributed by atoms with Gasteiger partial charge in [-0.05, 0) is 0 Å². The van der Waals surface area contributed by atoms with Crippen LogP contribution in [0, 0.1) is 17.8 Å². The van der Waals surface area contributed by atoms with Gasteiger partial charge in [0.05, 0.1) is 0 Å². The van der Waals surface area contributed by atoms with Crippen LogP contribution in [0.3, 0.4) is 0 Å². The number of hydrogen-bond donors (Lipinski definition) is 0. The third kappa shape index (κ3) is 2.85. The van der Waals surface area contributed by atoms with Crippen LogP contribution in [-0.4, -0.2) is 4.98 Å². The van der Waals surface area contributed by atoms with E-state index in [1.165, 1.54) is 65.9 Å². The van der Waals surface area contributed by atoms with Crippen LogP contribution in [0.5, 0.6) is 0 Å². The van der Waals surface area contributed by atoms with E-state index in [1.54, 1.807) is 0 Å². The average Bonchev–Trinajstić information content (AvgIpc) is 3.80. The van der Waals surface area contributed by atoms with E-state index in [4.69, 9.17) is 13.8 Å². The number of pyridine rings is 1. The third-order valence-electron chi connectivity index (χ3n) is 9.50. The Morgan fingerprint density at radius 3 is 2.09 bits per heavy atom. The molecule has 0 amide bonds. The van der Waals surface area contributed by atoms with E-state index in [0.717, 1.165) is 38.6 Å². The molecule has 9 aromatic rings. The summed E-state index contributed by atoms with van der Waals surface area (Å²) in [6.07, 6.45) is 0. The van der Waals surface area contributed by atoms with Crippen molar-refractivity contribution in [3.05, 3.63) is 132 Å². The van der Waals surface area contributed by atoms with Gasteiger partial charge in [0.2, 0.25) is 0 Å². The summed E-state index contributed by atoms with van der Waals surface area (Å²) in [5.74, 6) is 0. The summed E-state index contributed by atoms with van der Waals surface area (Å²) in [5.41, 5.74) is 14.0. The van der Waals surface area contributed by atoms with E-state index in [-0.39, 0.29) is 0 Å². The maximum absolute atomic E-state index is 6.70. The van der Waals surface area contributed by atoms with Crippen LogP contribution in [0.25, 0.3) is 88.2 Å². The molecule has 0 atom stereocenters. The first kappa shape index (κ1) is 23.5. The Kier molecular flexibility index (Phi) is 4.36. The second-order valence-electron chi connectivity index (χ2n) is 11.8. The van der Waals surface area contributed by atoms with Gasteiger partial charge in [0, 0.05) is 0 Å². The number of hydrogen-bond acceptors (Lipinski definition) is 3. The van der Waals surface area contributed by atoms with E-state index in [9.17, 15) is 0 Å². The molecule has 206 valence electrons. The molecule has 11 rings (SSSR count). The van der Waals surface area contributed by atoms with Gasteiger partial charge in [0.15, 0.2) is 0 Å². The number of fused-ring (bicyclic) bond motifs is 14. The second kappa shape index (κ2) is 8.16. The molecule has 4 heteroatoms. The second-order valence-corrected chi connectivity index (χ2v) is 16.7. The van der Waals surface area contributed by atoms with Crippen molar-refractivity contribution in [1.82, 2.24) is 4.98 Å². The van der Waals surface area contributed by atoms with Gasteiger partial charge in [-0.25, -0.2) is 0 Å². The number of aromatic nitrogens is 1. The third-order valence-corrected chi connectivity index (χ3v) is 15.6. The first-order valence-corrected chi connectivity index (χ1v) is 18.1. The fraction of sp³-hybridized carbons (Fsp3) is 0.0250. The molecule has 2 aliphatic rings. The van der Waals surface area contributed by atoms with Gasteiger partial charge >= 0.3 is 260 Å². The summed E-state index contributed by atoms with van der Waals surface area (Å²) in [7, 11) is 0. The van der Waals surface area contributed by atoms with Crippen molar-refractivity contribution in [3.63, 3.8) is 0 Å². The number of nitrogens with zero attached hydrogens (tertiary/aromatic N) is 1. The standard InChI is InChI=1S/C40H22INO2/c1-21-24-8-2-5-11-32(24)42-40-36(21)37-38-29(20-30-27-10-4-7-13-34(27)44-39(30)37)25-16-14-23(19-31(25)41(38)40)22-15-17-35-28(18-22)26-9-3-6-12-33(26)43-35/h2-20H,1H3. The normalized spacial score (nSPS) is 13.9. The predicted molar refractivity (Wildman–Crippen MR) is 187 cm³/mol. The molecular formula is C40H22INO2. The van der Waals surface area contributed by atoms with Crippen molar-refractivity contribution >= 4 is 74.6 Å². The Morgan fingerprint density at radius 2 is 1.23 bits per heavy atom. The molecule has 0 unspecified atom stereocenters. The molecule has 0 radical (unpaired) electrons. The number of benzene rings is 6. The summed E-state index contributed by atoms with van der Waals surface area (Å²) in [6, 6.07) is 41.5. The number of aryl methyl sites for hydroxylation is 1. The van der Waals surface area contributed by atoms with E-state index < -0.39 is 19.8 Å². The van der Waals surface area contributed by atoms with E-state index in [0.29, 0.717) is 0 Å². The molecule has 0 N–H and O–H groups in total. The summed E-state index contributed by atoms with van der Waals surface area (Å²) < 4.78 is 17.1. The van der Waals surface area contributed by atoms with Gasteiger partial charge in [-0.2, -0.15) is 0 Å². The predicted octanol–water partition coefficient (Wildman–Crippen LogP) is 11.4. The number of para-hydroxylation sites is 3. The Bertz CT molecular complexity index is 2750. The van der Waals surface area contributed by atoms with E-state index in [2.05, 4.69) is 110 Å². The fourth-order valence-corrected chi connectivity index (χ4v) is 14.6. The zero-order valence-corrected chi connectivity index (χ0v) is 25.8. The van der Waals surface area contributed by atoms with E-state index in [1.807, 2.05) is 12.1 Å². The molecule has 0 aliphatic carbocycles. The van der Waals surface area contributed by atoms with Crippen molar-refractivity contribution in [3.8, 4) is 33.4 Å². The summed E-state index contributed by atoms with van der Waals surface area (Å²) in [4.78, 5) is 5.46. The maximum atomic E-state index is 6.70. The molecule has 44 heavy (non-hydrogen) atoms. The van der Waals surface area contributed by atoms with Gasteiger partial charge in [0.1, 0.15) is 0 Å². The SMILES string of the molecule is Cc1c2c(nc3ccccc13)I1c3cc(-c4ccc5oc6ccccc6c5c4)ccc3-c3cc4c(oc5ccccc54)c-2c31. The molecule has 5 heterocycles. The number of halogens is 1. The molecule has 2 aliphatic heterocycles. The Morgan fingerprint density at radius 1 is 0.545 bits per heavy atom. The van der Waals surface area contributed by atoms with Crippen molar-refractivity contribution in [2.75, 3.05) is 0 Å². The van der Waals surface area contributed by atoms with Gasteiger partial charge < -0.3 is 0 Å². The quantitative estimate of drug-likeness (QED) is 0.128. The van der Waals surface area contributed by atoms with Crippen LogP contribution in [0.4, 0.5) is 0 Å². The molecule has 6 aromatic carbocycles. The monoisotopic (exact) mass is 675 g/mol. The molecule has 0 saturated heterocycles. The van der Waals surface area contributed by atoms with Crippen molar-refractivity contribution < 1.29 is 8.83 Å². The molecule has 3 nitrogen and oxygen atoms in total. The summed E-state index contributed by atoms with van der Waals surface area (Å²) >= 11 is -2.11. The van der Waals surface area contributed by atoms with Crippen LogP contribution in [0.15, 0.2) is 124 Å². The minimum absolute atomic E-state index is 0.926. The molecule has 3 aromatic heterocycles. The van der Waals surface area contributed by atoms with Crippen LogP contribution in [-0.2, 0) is 0 Å². The fourth-order valence-electron chi connectivity index (χ4n) is 7.48. The Balaban J connectivity index is 1.22. The molecule has 0 spiro atoms. The van der Waals surface area contributed by atoms with Crippen molar-refractivity contribution in [2.45, 2.75) is 6.92 Å². The van der Waals surface area contributed by atoms with Crippen LogP contribution in [0.1, 0.15) is 5.56 Å². The first-order valence-electron chi connectivity index (χ1n) is 14.9. The topological polar surface area (TPSA) is 39.2 Å². The zero-order chi connectivity index (χ0) is 28.7. The van der Waals surface area contributed by atoms with Gasteiger partial charge in [-0.15, -0.1) is 0 Å². The van der Waals surface area contributed by atoms with Gasteiger partial charge in [-0.1, -0.05) is 0 Å². The summed E-state index contributed by atoms with van der Waals surface area (Å²) in [6.45, 7) is 2.27. The molecule has 0 bridgehead atoms. The van der Waals surface area contributed by atoms with Crippen molar-refractivity contribution in [2.24, 2.45) is 0 Å². The first-order chi connectivity index (χ1) is 21.7. The summed E-state index contributed by atoms with van der Waals surface area (Å²) in [5, 5.41) is 5.90. The van der Waals surface area contributed by atoms with E-state index >= 15 is 0 Å². The van der Waals surface area contributed by atoms with Crippen LogP contribution in [0.2, 0.25) is 0 Å². The van der Waals surface area contributed by atoms with Crippen LogP contribution < -0.4 is 0 Å². The molecule has 0 saturated carbocycles. The Labute approximate surface area is 259 Å². The van der Waals surface area contributed by atoms with Crippen molar-refractivity contribution in [1.29, 1.82) is 0 Å². The number of rotatable bonds is 1. The van der Waals surface area contributed by atoms with Gasteiger partial charge in [-0.3, -0.25) is 0 Å². The minimum atomic E-state index is -2.11. The molecule has 0 fully saturated rings. The van der Waals surface area contributed by atoms with Gasteiger partial charge in [0.25, 0.3) is 0 Å². The Hall–Kier alpha value is -4.94. The average molecular weight is 676 g/mol. The zero-order valence-electron chi connectivity index (χ0n) is 23.6. The van der Waals surface area contributed by atoms with Crippen LogP contribution >= 0.6 is 19.8 Å².